The fraction of sp³-hybridized carbons (Fsp3) is 0.385. The standard InChI is InChI=1S/C13H16FNO3/c1-9(13(17)18)8-15(2)12(16)7-10-3-5-11(14)6-4-10/h3-6,9H,7-8H2,1-2H3,(H,17,18). The molecule has 4 nitrogen and oxygen atoms in total. The first-order valence-corrected chi connectivity index (χ1v) is 5.61. The van der Waals surface area contributed by atoms with Gasteiger partial charge in [0.1, 0.15) is 5.82 Å². The van der Waals surface area contributed by atoms with Crippen LogP contribution in [0, 0.1) is 11.7 Å². The molecule has 1 rings (SSSR count). The molecule has 1 aromatic rings. The molecule has 0 aromatic heterocycles. The van der Waals surface area contributed by atoms with Crippen molar-refractivity contribution in [3.8, 4) is 0 Å². The fourth-order valence-corrected chi connectivity index (χ4v) is 1.50. The molecule has 0 aliphatic carbocycles. The minimum absolute atomic E-state index is 0.142. The van der Waals surface area contributed by atoms with Gasteiger partial charge in [-0.05, 0) is 17.7 Å². The van der Waals surface area contributed by atoms with E-state index in [4.69, 9.17) is 5.11 Å². The largest absolute Gasteiger partial charge is 0.481 e. The lowest BCUT2D eigenvalue weighted by Gasteiger charge is -2.19. The summed E-state index contributed by atoms with van der Waals surface area (Å²) in [6.07, 6.45) is 0.142. The minimum atomic E-state index is -0.934. The lowest BCUT2D eigenvalue weighted by molar-refractivity contribution is -0.142. The van der Waals surface area contributed by atoms with Gasteiger partial charge in [-0.25, -0.2) is 4.39 Å². The molecule has 0 heterocycles. The quantitative estimate of drug-likeness (QED) is 0.866. The number of likely N-dealkylation sites (N-methyl/N-ethyl adjacent to an activating group) is 1. The summed E-state index contributed by atoms with van der Waals surface area (Å²) in [6, 6.07) is 5.67. The van der Waals surface area contributed by atoms with Crippen LogP contribution in [-0.2, 0) is 16.0 Å². The van der Waals surface area contributed by atoms with E-state index < -0.39 is 11.9 Å². The summed E-state index contributed by atoms with van der Waals surface area (Å²) >= 11 is 0. The zero-order chi connectivity index (χ0) is 13.7. The van der Waals surface area contributed by atoms with Crippen LogP contribution in [0.4, 0.5) is 4.39 Å². The third-order valence-electron chi connectivity index (χ3n) is 2.66. The van der Waals surface area contributed by atoms with Crippen LogP contribution in [0.2, 0.25) is 0 Å². The molecular weight excluding hydrogens is 237 g/mol. The Balaban J connectivity index is 2.54. The SMILES string of the molecule is CC(CN(C)C(=O)Cc1ccc(F)cc1)C(=O)O. The lowest BCUT2D eigenvalue weighted by Crippen LogP contribution is -2.34. The Morgan fingerprint density at radius 3 is 2.39 bits per heavy atom. The van der Waals surface area contributed by atoms with Crippen LogP contribution in [0.25, 0.3) is 0 Å². The minimum Gasteiger partial charge on any atom is -0.481 e. The van der Waals surface area contributed by atoms with Crippen molar-refractivity contribution in [2.24, 2.45) is 5.92 Å². The predicted molar refractivity (Wildman–Crippen MR) is 64.5 cm³/mol. The van der Waals surface area contributed by atoms with Gasteiger partial charge in [0.25, 0.3) is 0 Å². The van der Waals surface area contributed by atoms with Gasteiger partial charge in [0.05, 0.1) is 12.3 Å². The number of halogens is 1. The molecule has 18 heavy (non-hydrogen) atoms. The van der Waals surface area contributed by atoms with Gasteiger partial charge in [0.15, 0.2) is 0 Å². The Bertz CT molecular complexity index is 430. The number of rotatable bonds is 5. The van der Waals surface area contributed by atoms with Crippen LogP contribution < -0.4 is 0 Å². The molecular formula is C13H16FNO3. The number of carboxylic acids is 1. The molecule has 1 atom stereocenters. The normalized spacial score (nSPS) is 11.9. The van der Waals surface area contributed by atoms with E-state index in [1.807, 2.05) is 0 Å². The van der Waals surface area contributed by atoms with Gasteiger partial charge >= 0.3 is 5.97 Å². The Morgan fingerprint density at radius 1 is 1.33 bits per heavy atom. The van der Waals surface area contributed by atoms with Crippen molar-refractivity contribution in [2.45, 2.75) is 13.3 Å². The number of amides is 1. The molecule has 1 N–H and O–H groups in total. The van der Waals surface area contributed by atoms with E-state index in [2.05, 4.69) is 0 Å². The van der Waals surface area contributed by atoms with E-state index in [-0.39, 0.29) is 24.7 Å². The number of hydrogen-bond acceptors (Lipinski definition) is 2. The maximum Gasteiger partial charge on any atom is 0.308 e. The van der Waals surface area contributed by atoms with E-state index in [0.29, 0.717) is 5.56 Å². The number of aliphatic carboxylic acids is 1. The van der Waals surface area contributed by atoms with Crippen LogP contribution in [0.15, 0.2) is 24.3 Å². The van der Waals surface area contributed by atoms with Crippen molar-refractivity contribution in [2.75, 3.05) is 13.6 Å². The van der Waals surface area contributed by atoms with Gasteiger partial charge in [-0.2, -0.15) is 0 Å². The van der Waals surface area contributed by atoms with Gasteiger partial charge in [-0.15, -0.1) is 0 Å². The van der Waals surface area contributed by atoms with E-state index in [9.17, 15) is 14.0 Å². The van der Waals surface area contributed by atoms with E-state index in [0.717, 1.165) is 0 Å². The van der Waals surface area contributed by atoms with Crippen molar-refractivity contribution >= 4 is 11.9 Å². The van der Waals surface area contributed by atoms with Gasteiger partial charge in [0.2, 0.25) is 5.91 Å². The molecule has 0 spiro atoms. The lowest BCUT2D eigenvalue weighted by atomic mass is 10.1. The highest BCUT2D eigenvalue weighted by atomic mass is 19.1. The van der Waals surface area contributed by atoms with E-state index in [1.165, 1.54) is 17.0 Å². The number of benzene rings is 1. The summed E-state index contributed by atoms with van der Waals surface area (Å²) in [5.41, 5.74) is 0.705. The highest BCUT2D eigenvalue weighted by Gasteiger charge is 2.17. The molecule has 1 amide bonds. The molecule has 0 radical (unpaired) electrons. The van der Waals surface area contributed by atoms with Crippen LogP contribution in [0.1, 0.15) is 12.5 Å². The molecule has 0 bridgehead atoms. The summed E-state index contributed by atoms with van der Waals surface area (Å²) < 4.78 is 12.7. The Kier molecular flexibility index (Phi) is 4.83. The summed E-state index contributed by atoms with van der Waals surface area (Å²) in [6.45, 7) is 1.71. The number of carbonyl (C=O) groups excluding carboxylic acids is 1. The molecule has 0 saturated carbocycles. The number of hydrogen-bond donors (Lipinski definition) is 1. The zero-order valence-electron chi connectivity index (χ0n) is 10.4. The van der Waals surface area contributed by atoms with Gasteiger partial charge in [0, 0.05) is 13.6 Å². The Labute approximate surface area is 105 Å². The third-order valence-corrected chi connectivity index (χ3v) is 2.66. The van der Waals surface area contributed by atoms with Crippen LogP contribution in [-0.4, -0.2) is 35.5 Å². The molecule has 0 saturated heterocycles. The topological polar surface area (TPSA) is 57.6 Å². The van der Waals surface area contributed by atoms with Crippen molar-refractivity contribution in [3.63, 3.8) is 0 Å². The molecule has 0 aliphatic heterocycles. The molecule has 5 heteroatoms. The van der Waals surface area contributed by atoms with Crippen LogP contribution in [0.3, 0.4) is 0 Å². The summed E-state index contributed by atoms with van der Waals surface area (Å²) in [5, 5.41) is 8.75. The highest BCUT2D eigenvalue weighted by molar-refractivity contribution is 5.79. The highest BCUT2D eigenvalue weighted by Crippen LogP contribution is 2.06. The molecule has 98 valence electrons. The Hall–Kier alpha value is -1.91. The van der Waals surface area contributed by atoms with Crippen LogP contribution in [0.5, 0.6) is 0 Å². The van der Waals surface area contributed by atoms with Crippen molar-refractivity contribution < 1.29 is 19.1 Å². The molecule has 0 aliphatic rings. The number of carboxylic acid groups (broad SMARTS) is 1. The summed E-state index contributed by atoms with van der Waals surface area (Å²) in [7, 11) is 1.56. The fourth-order valence-electron chi connectivity index (χ4n) is 1.50. The second-order valence-electron chi connectivity index (χ2n) is 4.32. The zero-order valence-corrected chi connectivity index (χ0v) is 10.4. The molecule has 1 aromatic carbocycles. The smallest absolute Gasteiger partial charge is 0.308 e. The molecule has 0 fully saturated rings. The average Bonchev–Trinajstić information content (AvgIpc) is 2.31. The van der Waals surface area contributed by atoms with Crippen molar-refractivity contribution in [3.05, 3.63) is 35.6 Å². The maximum absolute atomic E-state index is 12.7. The molecule has 1 unspecified atom stereocenters. The monoisotopic (exact) mass is 253 g/mol. The maximum atomic E-state index is 12.7. The number of carbonyl (C=O) groups is 2. The van der Waals surface area contributed by atoms with Crippen molar-refractivity contribution in [1.82, 2.24) is 4.90 Å². The predicted octanol–water partition coefficient (Wildman–Crippen LogP) is 1.55. The summed E-state index contributed by atoms with van der Waals surface area (Å²) in [4.78, 5) is 23.8. The van der Waals surface area contributed by atoms with Gasteiger partial charge in [-0.1, -0.05) is 19.1 Å². The van der Waals surface area contributed by atoms with Crippen molar-refractivity contribution in [1.29, 1.82) is 0 Å². The van der Waals surface area contributed by atoms with Gasteiger partial charge in [-0.3, -0.25) is 9.59 Å². The first-order chi connectivity index (χ1) is 8.40. The Morgan fingerprint density at radius 2 is 1.89 bits per heavy atom. The summed E-state index contributed by atoms with van der Waals surface area (Å²) in [5.74, 6) is -2.07. The second kappa shape index (κ2) is 6.14. The van der Waals surface area contributed by atoms with E-state index >= 15 is 0 Å². The first kappa shape index (κ1) is 14.2. The average molecular weight is 253 g/mol. The van der Waals surface area contributed by atoms with Crippen LogP contribution >= 0.6 is 0 Å². The third kappa shape index (κ3) is 4.16. The number of nitrogens with zero attached hydrogens (tertiary/aromatic N) is 1. The van der Waals surface area contributed by atoms with Gasteiger partial charge < -0.3 is 10.0 Å². The van der Waals surface area contributed by atoms with E-state index in [1.54, 1.807) is 26.1 Å². The first-order valence-electron chi connectivity index (χ1n) is 5.61. The second-order valence-corrected chi connectivity index (χ2v) is 4.32.